The van der Waals surface area contributed by atoms with Gasteiger partial charge in [-0.15, -0.1) is 17.5 Å². The topological polar surface area (TPSA) is 77.3 Å². The molecule has 2 aromatic carbocycles. The van der Waals surface area contributed by atoms with Gasteiger partial charge in [0, 0.05) is 69.5 Å². The average Bonchev–Trinajstić information content (AvgIpc) is 3.12. The van der Waals surface area contributed by atoms with E-state index < -0.39 is 16.1 Å². The molecule has 0 unspecified atom stereocenters. The van der Waals surface area contributed by atoms with Crippen LogP contribution in [0.5, 0.6) is 0 Å². The average molecular weight is 740 g/mol. The molecule has 244 valence electrons. The van der Waals surface area contributed by atoms with Crippen LogP contribution in [-0.2, 0) is 0 Å². The number of rotatable bonds is 4. The molecule has 6 nitrogen and oxygen atoms in total. The first-order chi connectivity index (χ1) is 23.4. The Bertz CT molecular complexity index is 2040. The van der Waals surface area contributed by atoms with Gasteiger partial charge in [-0.3, -0.25) is 9.97 Å². The van der Waals surface area contributed by atoms with Crippen LogP contribution in [0.15, 0.2) is 127 Å². The molecule has 9 heteroatoms. The van der Waals surface area contributed by atoms with Crippen molar-refractivity contribution in [2.24, 2.45) is 0 Å². The molecule has 49 heavy (non-hydrogen) atoms. The van der Waals surface area contributed by atoms with Gasteiger partial charge in [0.15, 0.2) is 0 Å². The van der Waals surface area contributed by atoms with Crippen LogP contribution in [0.25, 0.3) is 44.8 Å². The zero-order valence-electron chi connectivity index (χ0n) is 28.7. The number of pyridine rings is 2. The van der Waals surface area contributed by atoms with Crippen molar-refractivity contribution in [2.75, 3.05) is 0 Å². The molecule has 0 aliphatic rings. The van der Waals surface area contributed by atoms with Crippen LogP contribution in [0.1, 0.15) is 5.56 Å². The molecule has 0 amide bonds. The highest BCUT2D eigenvalue weighted by atomic mass is 79.9. The number of hydrogen-bond acceptors (Lipinski definition) is 6. The van der Waals surface area contributed by atoms with Crippen molar-refractivity contribution in [2.45, 2.75) is 39.3 Å². The van der Waals surface area contributed by atoms with Crippen LogP contribution in [0, 0.1) is 23.4 Å². The Morgan fingerprint density at radius 2 is 0.939 bits per heavy atom. The molecule has 0 bridgehead atoms. The molecule has 0 aliphatic carbocycles. The quantitative estimate of drug-likeness (QED) is 0.132. The van der Waals surface area contributed by atoms with Gasteiger partial charge < -0.3 is 0 Å². The Morgan fingerprint density at radius 1 is 0.531 bits per heavy atom. The van der Waals surface area contributed by atoms with Gasteiger partial charge in [-0.25, -0.2) is 19.9 Å². The molecule has 6 rings (SSSR count). The molecule has 0 spiro atoms. The van der Waals surface area contributed by atoms with Crippen LogP contribution >= 0.6 is 15.9 Å². The largest absolute Gasteiger partial charge is 0.265 e. The zero-order valence-corrected chi connectivity index (χ0v) is 32.3. The van der Waals surface area contributed by atoms with Crippen LogP contribution in [0.4, 0.5) is 0 Å². The molecule has 0 radical (unpaired) electrons. The van der Waals surface area contributed by atoms with E-state index in [4.69, 9.17) is 6.42 Å². The number of hydrogen-bond donors (Lipinski definition) is 0. The summed E-state index contributed by atoms with van der Waals surface area (Å²) in [7, 11) is -2.46. The second kappa shape index (κ2) is 17.4. The Kier molecular flexibility index (Phi) is 13.0. The fourth-order valence-corrected chi connectivity index (χ4v) is 4.97. The summed E-state index contributed by atoms with van der Waals surface area (Å²) in [5.41, 5.74) is 15.3. The normalized spacial score (nSPS) is 10.6. The molecular formula is C40H39BrN6Si2. The van der Waals surface area contributed by atoms with Crippen molar-refractivity contribution in [3.8, 4) is 68.2 Å². The third-order valence-corrected chi connectivity index (χ3v) is 8.97. The van der Waals surface area contributed by atoms with E-state index in [1.165, 1.54) is 0 Å². The first kappa shape index (κ1) is 36.8. The molecule has 4 heterocycles. The van der Waals surface area contributed by atoms with E-state index in [9.17, 15) is 0 Å². The summed E-state index contributed by atoms with van der Waals surface area (Å²) in [6.45, 7) is 13.2. The Hall–Kier alpha value is -5.07. The van der Waals surface area contributed by atoms with Crippen LogP contribution in [0.3, 0.4) is 0 Å². The second-order valence-electron chi connectivity index (χ2n) is 13.0. The van der Waals surface area contributed by atoms with Crippen molar-refractivity contribution in [1.29, 1.82) is 0 Å². The van der Waals surface area contributed by atoms with Crippen molar-refractivity contribution in [1.82, 2.24) is 29.9 Å². The monoisotopic (exact) mass is 738 g/mol. The second-order valence-corrected chi connectivity index (χ2v) is 23.5. The van der Waals surface area contributed by atoms with Gasteiger partial charge in [-0.2, -0.15) is 0 Å². The lowest BCUT2D eigenvalue weighted by molar-refractivity contribution is 1.17. The van der Waals surface area contributed by atoms with E-state index >= 15 is 0 Å². The van der Waals surface area contributed by atoms with E-state index in [-0.39, 0.29) is 0 Å². The Labute approximate surface area is 300 Å². The van der Waals surface area contributed by atoms with E-state index in [0.29, 0.717) is 0 Å². The molecule has 0 saturated heterocycles. The summed E-state index contributed by atoms with van der Waals surface area (Å²) in [6, 6.07) is 24.2. The SMILES string of the molecule is Brc1ccc(-c2ncncc2-c2ccncc2)cc1.C#C[Si](C)(C)C.C[Si](C)(C)C#Cc1ccc(-c2ncncc2-c2ccncc2)cc1. The van der Waals surface area contributed by atoms with Crippen LogP contribution < -0.4 is 0 Å². The summed E-state index contributed by atoms with van der Waals surface area (Å²) < 4.78 is 1.05. The maximum atomic E-state index is 5.12. The minimum atomic E-state index is -1.36. The molecule has 0 aliphatic heterocycles. The fraction of sp³-hybridized carbons (Fsp3) is 0.150. The van der Waals surface area contributed by atoms with Gasteiger partial charge in [-0.1, -0.05) is 85.4 Å². The fourth-order valence-electron chi connectivity index (χ4n) is 4.18. The smallest absolute Gasteiger partial charge is 0.129 e. The predicted octanol–water partition coefficient (Wildman–Crippen LogP) is 9.90. The summed E-state index contributed by atoms with van der Waals surface area (Å²) in [6.07, 6.45) is 19.0. The highest BCUT2D eigenvalue weighted by molar-refractivity contribution is 9.10. The van der Waals surface area contributed by atoms with Gasteiger partial charge in [0.25, 0.3) is 0 Å². The molecule has 4 aromatic heterocycles. The third-order valence-electron chi connectivity index (χ3n) is 6.70. The Morgan fingerprint density at radius 3 is 1.33 bits per heavy atom. The first-order valence-electron chi connectivity index (χ1n) is 15.7. The number of benzene rings is 2. The number of terminal acetylenes is 1. The van der Waals surface area contributed by atoms with Crippen LogP contribution in [0.2, 0.25) is 39.3 Å². The zero-order chi connectivity index (χ0) is 35.3. The van der Waals surface area contributed by atoms with E-state index in [2.05, 4.69) is 126 Å². The Balaban J connectivity index is 0.000000193. The van der Waals surface area contributed by atoms with Gasteiger partial charge in [0.1, 0.15) is 28.8 Å². The van der Waals surface area contributed by atoms with Gasteiger partial charge in [0.2, 0.25) is 0 Å². The maximum absolute atomic E-state index is 5.12. The number of nitrogens with zero attached hydrogens (tertiary/aromatic N) is 6. The molecule has 6 aromatic rings. The lowest BCUT2D eigenvalue weighted by atomic mass is 10.0. The molecule has 0 fully saturated rings. The summed E-state index contributed by atoms with van der Waals surface area (Å²) in [5.74, 6) is 3.28. The molecular weight excluding hydrogens is 701 g/mol. The van der Waals surface area contributed by atoms with Crippen molar-refractivity contribution < 1.29 is 0 Å². The van der Waals surface area contributed by atoms with E-state index in [1.54, 1.807) is 37.4 Å². The maximum Gasteiger partial charge on any atom is 0.129 e. The van der Waals surface area contributed by atoms with Gasteiger partial charge in [0.05, 0.1) is 11.4 Å². The lowest BCUT2D eigenvalue weighted by Crippen LogP contribution is -2.16. The van der Waals surface area contributed by atoms with Crippen molar-refractivity contribution in [3.05, 3.63) is 133 Å². The number of aromatic nitrogens is 6. The van der Waals surface area contributed by atoms with Gasteiger partial charge >= 0.3 is 0 Å². The highest BCUT2D eigenvalue weighted by Crippen LogP contribution is 2.30. The van der Waals surface area contributed by atoms with Crippen molar-refractivity contribution >= 4 is 32.1 Å². The summed E-state index contributed by atoms with van der Waals surface area (Å²) in [4.78, 5) is 25.3. The summed E-state index contributed by atoms with van der Waals surface area (Å²) >= 11 is 3.44. The first-order valence-corrected chi connectivity index (χ1v) is 23.5. The predicted molar refractivity (Wildman–Crippen MR) is 212 cm³/mol. The van der Waals surface area contributed by atoms with Gasteiger partial charge in [-0.05, 0) is 59.7 Å². The number of halogens is 1. The lowest BCUT2D eigenvalue weighted by Gasteiger charge is -2.08. The van der Waals surface area contributed by atoms with E-state index in [1.807, 2.05) is 60.9 Å². The van der Waals surface area contributed by atoms with Crippen molar-refractivity contribution in [3.63, 3.8) is 0 Å². The minimum absolute atomic E-state index is 0.918. The third kappa shape index (κ3) is 11.8. The molecule has 0 atom stereocenters. The molecule has 0 saturated carbocycles. The van der Waals surface area contributed by atoms with E-state index in [0.717, 1.165) is 54.8 Å². The summed E-state index contributed by atoms with van der Waals surface area (Å²) in [5, 5.41) is 0. The standard InChI is InChI=1S/C20H19N3Si.C15H10BrN3.C5H10Si/c1-24(2,3)13-10-16-4-6-18(7-5-16)20-19(14-22-15-23-20)17-8-11-21-12-9-17;16-13-3-1-12(2-4-13)15-14(9-18-10-19-15)11-5-7-17-8-6-11;1-5-6(2,3)4/h4-9,11-12,14-15H,1-3H3;1-10H;1H,2-4H3. The minimum Gasteiger partial charge on any atom is -0.265 e. The molecule has 0 N–H and O–H groups in total. The highest BCUT2D eigenvalue weighted by Gasteiger charge is 2.11. The van der Waals surface area contributed by atoms with Crippen LogP contribution in [-0.4, -0.2) is 46.1 Å².